The summed E-state index contributed by atoms with van der Waals surface area (Å²) in [5.74, 6) is 0. The Morgan fingerprint density at radius 2 is 1.69 bits per heavy atom. The molecule has 0 spiro atoms. The molecule has 0 aromatic heterocycles. The van der Waals surface area contributed by atoms with Crippen molar-refractivity contribution in [1.29, 1.82) is 0 Å². The van der Waals surface area contributed by atoms with Gasteiger partial charge in [-0.05, 0) is 40.8 Å². The zero-order chi connectivity index (χ0) is 11.1. The van der Waals surface area contributed by atoms with Gasteiger partial charge in [0, 0.05) is 0 Å². The van der Waals surface area contributed by atoms with Gasteiger partial charge in [-0.2, -0.15) is 0 Å². The molecule has 0 aliphatic heterocycles. The number of rotatable bonds is 0. The van der Waals surface area contributed by atoms with Crippen molar-refractivity contribution in [2.75, 3.05) is 0 Å². The van der Waals surface area contributed by atoms with E-state index < -0.39 is 12.2 Å². The van der Waals surface area contributed by atoms with Crippen molar-refractivity contribution in [2.45, 2.75) is 25.0 Å². The van der Waals surface area contributed by atoms with Gasteiger partial charge in [-0.1, -0.05) is 30.3 Å². The van der Waals surface area contributed by atoms with Crippen LogP contribution in [0.25, 0.3) is 10.8 Å². The average Bonchev–Trinajstić information content (AvgIpc) is 2.32. The van der Waals surface area contributed by atoms with E-state index in [2.05, 4.69) is 12.1 Å². The van der Waals surface area contributed by atoms with E-state index in [1.165, 1.54) is 5.39 Å². The standard InChI is InChI=1S/C14H14O2/c15-13-6-5-11-7-9-3-1-2-4-10(9)8-12(11)14(13)16/h1-4,7-8,13-16H,5-6H2. The summed E-state index contributed by atoms with van der Waals surface area (Å²) in [5.41, 5.74) is 2.05. The smallest absolute Gasteiger partial charge is 0.105 e. The molecular weight excluding hydrogens is 200 g/mol. The van der Waals surface area contributed by atoms with Crippen molar-refractivity contribution < 1.29 is 10.2 Å². The molecule has 2 nitrogen and oxygen atoms in total. The summed E-state index contributed by atoms with van der Waals surface area (Å²) in [4.78, 5) is 0. The van der Waals surface area contributed by atoms with Crippen LogP contribution in [0.3, 0.4) is 0 Å². The summed E-state index contributed by atoms with van der Waals surface area (Å²) >= 11 is 0. The van der Waals surface area contributed by atoms with Crippen LogP contribution in [0.4, 0.5) is 0 Å². The lowest BCUT2D eigenvalue weighted by Crippen LogP contribution is -2.24. The van der Waals surface area contributed by atoms with Crippen molar-refractivity contribution >= 4 is 10.8 Å². The maximum absolute atomic E-state index is 9.94. The molecule has 82 valence electrons. The van der Waals surface area contributed by atoms with Gasteiger partial charge in [0.2, 0.25) is 0 Å². The van der Waals surface area contributed by atoms with Gasteiger partial charge in [0.25, 0.3) is 0 Å². The fraction of sp³-hybridized carbons (Fsp3) is 0.286. The highest BCUT2D eigenvalue weighted by atomic mass is 16.3. The van der Waals surface area contributed by atoms with Crippen LogP contribution < -0.4 is 0 Å². The van der Waals surface area contributed by atoms with Crippen molar-refractivity contribution in [3.05, 3.63) is 47.5 Å². The van der Waals surface area contributed by atoms with Gasteiger partial charge in [-0.3, -0.25) is 0 Å². The highest BCUT2D eigenvalue weighted by Crippen LogP contribution is 2.32. The molecule has 0 bridgehead atoms. The maximum Gasteiger partial charge on any atom is 0.105 e. The number of benzene rings is 2. The number of hydrogen-bond acceptors (Lipinski definition) is 2. The van der Waals surface area contributed by atoms with Gasteiger partial charge < -0.3 is 10.2 Å². The van der Waals surface area contributed by atoms with Crippen molar-refractivity contribution in [1.82, 2.24) is 0 Å². The number of fused-ring (bicyclic) bond motifs is 2. The minimum atomic E-state index is -0.728. The highest BCUT2D eigenvalue weighted by molar-refractivity contribution is 5.84. The lowest BCUT2D eigenvalue weighted by Gasteiger charge is -2.26. The second kappa shape index (κ2) is 3.58. The molecule has 0 heterocycles. The summed E-state index contributed by atoms with van der Waals surface area (Å²) in [6, 6.07) is 12.2. The summed E-state index contributed by atoms with van der Waals surface area (Å²) in [6.45, 7) is 0. The van der Waals surface area contributed by atoms with Crippen molar-refractivity contribution in [3.8, 4) is 0 Å². The Morgan fingerprint density at radius 1 is 1.00 bits per heavy atom. The van der Waals surface area contributed by atoms with Gasteiger partial charge >= 0.3 is 0 Å². The zero-order valence-corrected chi connectivity index (χ0v) is 8.93. The summed E-state index contributed by atoms with van der Waals surface area (Å²) in [7, 11) is 0. The quantitative estimate of drug-likeness (QED) is 0.705. The van der Waals surface area contributed by atoms with E-state index in [0.29, 0.717) is 6.42 Å². The molecular formula is C14H14O2. The van der Waals surface area contributed by atoms with Crippen LogP contribution in [0.5, 0.6) is 0 Å². The normalized spacial score (nSPS) is 24.4. The van der Waals surface area contributed by atoms with Gasteiger partial charge in [0.1, 0.15) is 6.10 Å². The lowest BCUT2D eigenvalue weighted by molar-refractivity contribution is 0.00660. The fourth-order valence-electron chi connectivity index (χ4n) is 2.47. The van der Waals surface area contributed by atoms with Crippen LogP contribution in [-0.4, -0.2) is 16.3 Å². The molecule has 0 radical (unpaired) electrons. The number of aliphatic hydroxyl groups excluding tert-OH is 2. The Balaban J connectivity index is 2.23. The van der Waals surface area contributed by atoms with Gasteiger partial charge in [0.15, 0.2) is 0 Å². The fourth-order valence-corrected chi connectivity index (χ4v) is 2.47. The molecule has 16 heavy (non-hydrogen) atoms. The molecule has 2 heteroatoms. The summed E-state index contributed by atoms with van der Waals surface area (Å²) < 4.78 is 0. The molecule has 2 atom stereocenters. The first-order valence-corrected chi connectivity index (χ1v) is 5.63. The minimum absolute atomic E-state index is 0.617. The number of aryl methyl sites for hydroxylation is 1. The topological polar surface area (TPSA) is 40.5 Å². The molecule has 2 unspecified atom stereocenters. The monoisotopic (exact) mass is 214 g/mol. The maximum atomic E-state index is 9.94. The van der Waals surface area contributed by atoms with Crippen LogP contribution in [0.2, 0.25) is 0 Å². The van der Waals surface area contributed by atoms with Crippen LogP contribution in [0.1, 0.15) is 23.7 Å². The van der Waals surface area contributed by atoms with E-state index >= 15 is 0 Å². The van der Waals surface area contributed by atoms with Gasteiger partial charge in [0.05, 0.1) is 6.10 Å². The van der Waals surface area contributed by atoms with Crippen LogP contribution >= 0.6 is 0 Å². The molecule has 3 rings (SSSR count). The van der Waals surface area contributed by atoms with Gasteiger partial charge in [-0.25, -0.2) is 0 Å². The second-order valence-corrected chi connectivity index (χ2v) is 4.45. The van der Waals surface area contributed by atoms with Crippen molar-refractivity contribution in [2.24, 2.45) is 0 Å². The van der Waals surface area contributed by atoms with Crippen LogP contribution in [0, 0.1) is 0 Å². The van der Waals surface area contributed by atoms with Crippen molar-refractivity contribution in [3.63, 3.8) is 0 Å². The highest BCUT2D eigenvalue weighted by Gasteiger charge is 2.26. The van der Waals surface area contributed by atoms with E-state index in [1.807, 2.05) is 24.3 Å². The minimum Gasteiger partial charge on any atom is -0.390 e. The Bertz CT molecular complexity index is 533. The van der Waals surface area contributed by atoms with E-state index in [-0.39, 0.29) is 0 Å². The van der Waals surface area contributed by atoms with E-state index in [9.17, 15) is 10.2 Å². The Labute approximate surface area is 94.2 Å². The lowest BCUT2D eigenvalue weighted by atomic mass is 9.86. The first-order valence-electron chi connectivity index (χ1n) is 5.63. The third kappa shape index (κ3) is 1.42. The predicted molar refractivity (Wildman–Crippen MR) is 63.2 cm³/mol. The summed E-state index contributed by atoms with van der Waals surface area (Å²) in [6.07, 6.45) is 0.146. The van der Waals surface area contributed by atoms with Gasteiger partial charge in [-0.15, -0.1) is 0 Å². The Kier molecular flexibility index (Phi) is 2.20. The molecule has 0 saturated carbocycles. The van der Waals surface area contributed by atoms with Crippen LogP contribution in [-0.2, 0) is 6.42 Å². The molecule has 2 aromatic carbocycles. The zero-order valence-electron chi connectivity index (χ0n) is 8.93. The van der Waals surface area contributed by atoms with E-state index in [1.54, 1.807) is 0 Å². The first-order chi connectivity index (χ1) is 7.75. The Hall–Kier alpha value is -1.38. The first kappa shape index (κ1) is 9.82. The molecule has 1 aliphatic carbocycles. The predicted octanol–water partition coefficient (Wildman–Crippen LogP) is 2.18. The molecule has 1 aliphatic rings. The average molecular weight is 214 g/mol. The van der Waals surface area contributed by atoms with E-state index in [4.69, 9.17) is 0 Å². The molecule has 0 amide bonds. The third-order valence-corrected chi connectivity index (χ3v) is 3.40. The van der Waals surface area contributed by atoms with E-state index in [0.717, 1.165) is 22.9 Å². The molecule has 0 fully saturated rings. The molecule has 2 aromatic rings. The van der Waals surface area contributed by atoms with Crippen LogP contribution in [0.15, 0.2) is 36.4 Å². The largest absolute Gasteiger partial charge is 0.390 e. The number of aliphatic hydroxyl groups is 2. The molecule has 0 saturated heterocycles. The summed E-state index contributed by atoms with van der Waals surface area (Å²) in [5, 5.41) is 21.9. The second-order valence-electron chi connectivity index (χ2n) is 4.45. The number of hydrogen-bond donors (Lipinski definition) is 2. The third-order valence-electron chi connectivity index (χ3n) is 3.40. The Morgan fingerprint density at radius 3 is 2.44 bits per heavy atom. The SMILES string of the molecule is OC1CCc2cc3ccccc3cc2C1O. The molecule has 2 N–H and O–H groups in total.